The van der Waals surface area contributed by atoms with Gasteiger partial charge in [0.1, 0.15) is 11.7 Å². The van der Waals surface area contributed by atoms with Crippen LogP contribution < -0.4 is 10.9 Å². The molecule has 0 bridgehead atoms. The third-order valence-corrected chi connectivity index (χ3v) is 5.65. The molecule has 0 aliphatic heterocycles. The van der Waals surface area contributed by atoms with E-state index < -0.39 is 30.3 Å². The molecule has 2 atom stereocenters. The normalized spacial score (nSPS) is 18.1. The van der Waals surface area contributed by atoms with Crippen LogP contribution in [0.4, 0.5) is 14.6 Å². The van der Waals surface area contributed by atoms with Crippen molar-refractivity contribution in [3.63, 3.8) is 0 Å². The summed E-state index contributed by atoms with van der Waals surface area (Å²) in [6, 6.07) is 4.94. The third kappa shape index (κ3) is 3.81. The predicted octanol–water partition coefficient (Wildman–Crippen LogP) is 3.34. The number of rotatable bonds is 5. The van der Waals surface area contributed by atoms with E-state index in [1.54, 1.807) is 25.4 Å². The van der Waals surface area contributed by atoms with E-state index in [-0.39, 0.29) is 11.4 Å². The van der Waals surface area contributed by atoms with E-state index in [4.69, 9.17) is 0 Å². The maximum atomic E-state index is 13.1. The minimum absolute atomic E-state index is 0.110. The molecule has 0 saturated heterocycles. The first-order valence-electron chi connectivity index (χ1n) is 9.96. The first-order valence-corrected chi connectivity index (χ1v) is 9.96. The summed E-state index contributed by atoms with van der Waals surface area (Å²) < 4.78 is 27.6. The van der Waals surface area contributed by atoms with Gasteiger partial charge in [0.25, 0.3) is 11.5 Å². The van der Waals surface area contributed by atoms with E-state index in [9.17, 15) is 23.5 Å². The Balaban J connectivity index is 1.71. The number of pyridine rings is 3. The van der Waals surface area contributed by atoms with Gasteiger partial charge in [-0.3, -0.25) is 14.6 Å². The lowest BCUT2D eigenvalue weighted by atomic mass is 10.0. The van der Waals surface area contributed by atoms with Crippen molar-refractivity contribution in [3.05, 3.63) is 52.2 Å². The van der Waals surface area contributed by atoms with Crippen molar-refractivity contribution in [2.45, 2.75) is 38.7 Å². The van der Waals surface area contributed by atoms with Crippen molar-refractivity contribution in [2.75, 3.05) is 5.32 Å². The van der Waals surface area contributed by atoms with Gasteiger partial charge >= 0.3 is 0 Å². The number of hydrogen-bond donors (Lipinski definition) is 2. The van der Waals surface area contributed by atoms with Crippen molar-refractivity contribution >= 4 is 22.6 Å². The summed E-state index contributed by atoms with van der Waals surface area (Å²) in [6.45, 7) is 3.70. The highest BCUT2D eigenvalue weighted by Crippen LogP contribution is 2.49. The topological polar surface area (TPSA) is 97.1 Å². The predicted molar refractivity (Wildman–Crippen MR) is 112 cm³/mol. The number of amides is 1. The van der Waals surface area contributed by atoms with E-state index in [1.165, 1.54) is 16.8 Å². The number of aliphatic hydroxyl groups is 1. The number of aromatic nitrogens is 3. The van der Waals surface area contributed by atoms with Crippen molar-refractivity contribution < 1.29 is 18.7 Å². The van der Waals surface area contributed by atoms with Crippen molar-refractivity contribution in [3.8, 4) is 11.1 Å². The lowest BCUT2D eigenvalue weighted by Crippen LogP contribution is -2.21. The second-order valence-corrected chi connectivity index (χ2v) is 7.91. The Morgan fingerprint density at radius 2 is 2.00 bits per heavy atom. The number of aryl methyl sites for hydroxylation is 2. The highest BCUT2D eigenvalue weighted by molar-refractivity contribution is 5.96. The molecule has 9 heteroatoms. The number of carbonyl (C=O) groups excluding carboxylic acids is 1. The average molecular weight is 428 g/mol. The first-order chi connectivity index (χ1) is 14.6. The van der Waals surface area contributed by atoms with E-state index in [0.717, 1.165) is 5.56 Å². The molecule has 7 nitrogen and oxygen atoms in total. The molecule has 4 rings (SSSR count). The maximum Gasteiger partial charge on any atom is 0.260 e. The molecule has 1 fully saturated rings. The quantitative estimate of drug-likeness (QED) is 0.650. The summed E-state index contributed by atoms with van der Waals surface area (Å²) in [7, 11) is 1.59. The number of nitrogens with one attached hydrogen (secondary N) is 1. The minimum atomic E-state index is -2.96. The van der Waals surface area contributed by atoms with Crippen LogP contribution in [0.3, 0.4) is 0 Å². The van der Waals surface area contributed by atoms with Crippen LogP contribution in [0.25, 0.3) is 22.0 Å². The summed E-state index contributed by atoms with van der Waals surface area (Å²) in [5, 5.41) is 13.0. The van der Waals surface area contributed by atoms with Crippen molar-refractivity contribution in [2.24, 2.45) is 13.0 Å². The Kier molecular flexibility index (Phi) is 5.09. The van der Waals surface area contributed by atoms with Crippen LogP contribution in [0.2, 0.25) is 0 Å². The van der Waals surface area contributed by atoms with Crippen LogP contribution in [0.1, 0.15) is 37.1 Å². The SMILES string of the molecule is CC[C@@H](O)c1cc(C)c(-c2cc3cnc(NC(=O)[C@H]4CC4(F)F)cc3n(C)c2=O)cn1. The van der Waals surface area contributed by atoms with Gasteiger partial charge in [-0.25, -0.2) is 13.8 Å². The highest BCUT2D eigenvalue weighted by Gasteiger charge is 2.61. The van der Waals surface area contributed by atoms with Crippen LogP contribution >= 0.6 is 0 Å². The molecule has 1 aliphatic rings. The molecule has 0 unspecified atom stereocenters. The Morgan fingerprint density at radius 1 is 1.29 bits per heavy atom. The molecule has 1 aliphatic carbocycles. The smallest absolute Gasteiger partial charge is 0.260 e. The average Bonchev–Trinajstić information content (AvgIpc) is 3.39. The zero-order chi connectivity index (χ0) is 22.5. The van der Waals surface area contributed by atoms with E-state index in [2.05, 4.69) is 15.3 Å². The molecule has 3 aromatic rings. The minimum Gasteiger partial charge on any atom is -0.387 e. The molecular weight excluding hydrogens is 406 g/mol. The summed E-state index contributed by atoms with van der Waals surface area (Å²) in [4.78, 5) is 33.4. The first kappa shape index (κ1) is 21.0. The molecule has 1 saturated carbocycles. The zero-order valence-corrected chi connectivity index (χ0v) is 17.3. The van der Waals surface area contributed by atoms with E-state index >= 15 is 0 Å². The standard InChI is InChI=1S/C22H22F2N4O3/c1-4-18(29)16-5-11(2)14(10-25-16)13-6-12-9-26-19(7-17(12)28(3)21(13)31)27-20(30)15-8-22(15,23)24/h5-7,9-10,15,18,29H,4,8H2,1-3H3,(H,26,27,30)/t15-,18-/m1/s1. The molecule has 0 spiro atoms. The molecule has 0 radical (unpaired) electrons. The fourth-order valence-electron chi connectivity index (χ4n) is 3.59. The van der Waals surface area contributed by atoms with Crippen LogP contribution in [0.5, 0.6) is 0 Å². The summed E-state index contributed by atoms with van der Waals surface area (Å²) in [5.41, 5.74) is 2.64. The number of carbonyl (C=O) groups is 1. The number of aliphatic hydroxyl groups excluding tert-OH is 1. The van der Waals surface area contributed by atoms with Gasteiger partial charge in [0, 0.05) is 48.4 Å². The Bertz CT molecular complexity index is 1260. The number of alkyl halides is 2. The second-order valence-electron chi connectivity index (χ2n) is 7.91. The lowest BCUT2D eigenvalue weighted by molar-refractivity contribution is -0.119. The van der Waals surface area contributed by atoms with Crippen LogP contribution in [0.15, 0.2) is 35.4 Å². The van der Waals surface area contributed by atoms with Gasteiger partial charge in [-0.15, -0.1) is 0 Å². The van der Waals surface area contributed by atoms with Crippen LogP contribution in [0, 0.1) is 12.8 Å². The number of nitrogens with zero attached hydrogens (tertiary/aromatic N) is 3. The van der Waals surface area contributed by atoms with Gasteiger partial charge < -0.3 is 15.0 Å². The number of hydrogen-bond acceptors (Lipinski definition) is 5. The lowest BCUT2D eigenvalue weighted by Gasteiger charge is -2.14. The maximum absolute atomic E-state index is 13.1. The number of halogens is 2. The Hall–Kier alpha value is -3.20. The summed E-state index contributed by atoms with van der Waals surface area (Å²) in [5.74, 6) is -4.97. The molecule has 0 aromatic carbocycles. The van der Waals surface area contributed by atoms with Crippen LogP contribution in [-0.4, -0.2) is 31.5 Å². The summed E-state index contributed by atoms with van der Waals surface area (Å²) in [6.07, 6.45) is 2.46. The molecule has 2 N–H and O–H groups in total. The molecule has 31 heavy (non-hydrogen) atoms. The van der Waals surface area contributed by atoms with Gasteiger partial charge in [-0.05, 0) is 31.0 Å². The largest absolute Gasteiger partial charge is 0.387 e. The van der Waals surface area contributed by atoms with Gasteiger partial charge in [-0.1, -0.05) is 6.92 Å². The number of fused-ring (bicyclic) bond motifs is 1. The molecule has 3 aromatic heterocycles. The monoisotopic (exact) mass is 428 g/mol. The summed E-state index contributed by atoms with van der Waals surface area (Å²) >= 11 is 0. The molecular formula is C22H22F2N4O3. The fourth-order valence-corrected chi connectivity index (χ4v) is 3.59. The Morgan fingerprint density at radius 3 is 2.61 bits per heavy atom. The molecule has 162 valence electrons. The van der Waals surface area contributed by atoms with Gasteiger partial charge in [-0.2, -0.15) is 0 Å². The molecule has 1 amide bonds. The van der Waals surface area contributed by atoms with Gasteiger partial charge in [0.15, 0.2) is 0 Å². The van der Waals surface area contributed by atoms with E-state index in [0.29, 0.717) is 34.1 Å². The van der Waals surface area contributed by atoms with Crippen molar-refractivity contribution in [1.82, 2.24) is 14.5 Å². The van der Waals surface area contributed by atoms with Gasteiger partial charge in [0.05, 0.1) is 17.3 Å². The second kappa shape index (κ2) is 7.49. The Labute approximate surface area is 176 Å². The van der Waals surface area contributed by atoms with Crippen LogP contribution in [-0.2, 0) is 11.8 Å². The third-order valence-electron chi connectivity index (χ3n) is 5.65. The highest BCUT2D eigenvalue weighted by atomic mass is 19.3. The fraction of sp³-hybridized carbons (Fsp3) is 0.364. The number of anilines is 1. The van der Waals surface area contributed by atoms with Crippen molar-refractivity contribution in [1.29, 1.82) is 0 Å². The zero-order valence-electron chi connectivity index (χ0n) is 17.3. The molecule has 3 heterocycles. The van der Waals surface area contributed by atoms with E-state index in [1.807, 2.05) is 13.8 Å². The van der Waals surface area contributed by atoms with Gasteiger partial charge in [0.2, 0.25) is 5.91 Å².